The van der Waals surface area contributed by atoms with Gasteiger partial charge < -0.3 is 9.47 Å². The molecule has 0 atom stereocenters. The van der Waals surface area contributed by atoms with Crippen LogP contribution in [0.15, 0.2) is 60.7 Å². The van der Waals surface area contributed by atoms with Crippen molar-refractivity contribution in [2.24, 2.45) is 0 Å². The molecule has 0 spiro atoms. The van der Waals surface area contributed by atoms with E-state index >= 15 is 0 Å². The number of ether oxygens (including phenoxy) is 2. The first kappa shape index (κ1) is 18.9. The Balaban J connectivity index is 1.38. The molecule has 0 bridgehead atoms. The Bertz CT molecular complexity index is 757. The van der Waals surface area contributed by atoms with Crippen LogP contribution in [0, 0.1) is 0 Å². The smallest absolute Gasteiger partial charge is 0.218 e. The van der Waals surface area contributed by atoms with Crippen LogP contribution in [0.5, 0.6) is 5.75 Å². The molecule has 0 aromatic heterocycles. The predicted octanol–water partition coefficient (Wildman–Crippen LogP) is 3.08. The zero-order valence-corrected chi connectivity index (χ0v) is 15.6. The monoisotopic (exact) mass is 375 g/mol. The van der Waals surface area contributed by atoms with Gasteiger partial charge in [0.05, 0.1) is 18.5 Å². The topological polar surface area (TPSA) is 55.8 Å². The Morgan fingerprint density at radius 1 is 0.885 bits per heavy atom. The summed E-state index contributed by atoms with van der Waals surface area (Å²) in [7, 11) is -3.27. The van der Waals surface area contributed by atoms with Gasteiger partial charge in [0, 0.05) is 13.1 Å². The number of benzene rings is 2. The van der Waals surface area contributed by atoms with Crippen molar-refractivity contribution in [1.29, 1.82) is 0 Å². The molecule has 140 valence electrons. The fraction of sp³-hybridized carbons (Fsp3) is 0.400. The van der Waals surface area contributed by atoms with Gasteiger partial charge in [0.2, 0.25) is 10.0 Å². The first-order valence-electron chi connectivity index (χ1n) is 8.95. The molecule has 1 heterocycles. The van der Waals surface area contributed by atoms with Crippen LogP contribution in [0.25, 0.3) is 0 Å². The number of piperidine rings is 1. The number of hydrogen-bond donors (Lipinski definition) is 0. The minimum absolute atomic E-state index is 0.0598. The molecule has 1 aliphatic heterocycles. The van der Waals surface area contributed by atoms with Crippen LogP contribution in [-0.4, -0.2) is 45.1 Å². The fourth-order valence-corrected chi connectivity index (χ4v) is 4.61. The SMILES string of the molecule is O=S(=O)(Cc1ccccc1)N1CCC(OCCOc2ccccc2)CC1. The van der Waals surface area contributed by atoms with Gasteiger partial charge in [-0.15, -0.1) is 0 Å². The summed E-state index contributed by atoms with van der Waals surface area (Å²) in [5, 5.41) is 0. The second-order valence-electron chi connectivity index (χ2n) is 6.37. The zero-order valence-electron chi connectivity index (χ0n) is 14.8. The summed E-state index contributed by atoms with van der Waals surface area (Å²) in [6.07, 6.45) is 1.54. The van der Waals surface area contributed by atoms with E-state index in [9.17, 15) is 8.42 Å². The van der Waals surface area contributed by atoms with Crippen molar-refractivity contribution in [3.63, 3.8) is 0 Å². The predicted molar refractivity (Wildman–Crippen MR) is 102 cm³/mol. The first-order valence-corrected chi connectivity index (χ1v) is 10.6. The molecule has 1 saturated heterocycles. The van der Waals surface area contributed by atoms with E-state index in [0.29, 0.717) is 26.3 Å². The van der Waals surface area contributed by atoms with Crippen LogP contribution in [0.4, 0.5) is 0 Å². The van der Waals surface area contributed by atoms with Crippen molar-refractivity contribution in [3.05, 3.63) is 66.2 Å². The standard InChI is InChI=1S/C20H25NO4S/c22-26(23,17-18-7-3-1-4-8-18)21-13-11-20(12-14-21)25-16-15-24-19-9-5-2-6-10-19/h1-10,20H,11-17H2. The normalized spacial score (nSPS) is 16.5. The second kappa shape index (κ2) is 9.16. The molecule has 5 nitrogen and oxygen atoms in total. The molecule has 1 fully saturated rings. The van der Waals surface area contributed by atoms with E-state index in [2.05, 4.69) is 0 Å². The summed E-state index contributed by atoms with van der Waals surface area (Å²) < 4.78 is 38.1. The lowest BCUT2D eigenvalue weighted by atomic mass is 10.1. The lowest BCUT2D eigenvalue weighted by Gasteiger charge is -2.31. The average Bonchev–Trinajstić information content (AvgIpc) is 2.67. The van der Waals surface area contributed by atoms with E-state index in [0.717, 1.165) is 24.2 Å². The fourth-order valence-electron chi connectivity index (χ4n) is 3.04. The third kappa shape index (κ3) is 5.56. The highest BCUT2D eigenvalue weighted by molar-refractivity contribution is 7.88. The summed E-state index contributed by atoms with van der Waals surface area (Å²) in [6, 6.07) is 18.9. The van der Waals surface area contributed by atoms with Gasteiger partial charge >= 0.3 is 0 Å². The van der Waals surface area contributed by atoms with E-state index in [4.69, 9.17) is 9.47 Å². The quantitative estimate of drug-likeness (QED) is 0.666. The van der Waals surface area contributed by atoms with Crippen LogP contribution in [0.3, 0.4) is 0 Å². The van der Waals surface area contributed by atoms with Gasteiger partial charge in [-0.1, -0.05) is 48.5 Å². The van der Waals surface area contributed by atoms with Gasteiger partial charge in [0.15, 0.2) is 0 Å². The summed E-state index contributed by atoms with van der Waals surface area (Å²) in [6.45, 7) is 2.03. The lowest BCUT2D eigenvalue weighted by molar-refractivity contribution is 0.00699. The van der Waals surface area contributed by atoms with Gasteiger partial charge in [-0.2, -0.15) is 0 Å². The van der Waals surface area contributed by atoms with Crippen molar-refractivity contribution >= 4 is 10.0 Å². The first-order chi connectivity index (χ1) is 12.6. The summed E-state index contributed by atoms with van der Waals surface area (Å²) in [5.74, 6) is 0.891. The Hall–Kier alpha value is -1.89. The van der Waals surface area contributed by atoms with Gasteiger partial charge in [-0.25, -0.2) is 12.7 Å². The molecule has 0 saturated carbocycles. The van der Waals surface area contributed by atoms with E-state index in [1.54, 1.807) is 4.31 Å². The molecular formula is C20H25NO4S. The maximum absolute atomic E-state index is 12.5. The van der Waals surface area contributed by atoms with Crippen molar-refractivity contribution in [2.75, 3.05) is 26.3 Å². The Kier molecular flexibility index (Phi) is 6.66. The molecule has 0 aliphatic carbocycles. The van der Waals surface area contributed by atoms with Gasteiger partial charge in [-0.05, 0) is 30.5 Å². The Morgan fingerprint density at radius 2 is 1.50 bits per heavy atom. The summed E-state index contributed by atoms with van der Waals surface area (Å²) in [5.41, 5.74) is 0.823. The number of sulfonamides is 1. The van der Waals surface area contributed by atoms with E-state index in [-0.39, 0.29) is 11.9 Å². The molecule has 1 aliphatic rings. The third-order valence-corrected chi connectivity index (χ3v) is 6.29. The molecule has 6 heteroatoms. The molecule has 0 radical (unpaired) electrons. The third-order valence-electron chi connectivity index (χ3n) is 4.44. The molecule has 26 heavy (non-hydrogen) atoms. The van der Waals surface area contributed by atoms with Crippen molar-refractivity contribution in [3.8, 4) is 5.75 Å². The summed E-state index contributed by atoms with van der Waals surface area (Å²) in [4.78, 5) is 0. The number of para-hydroxylation sites is 1. The average molecular weight is 375 g/mol. The number of nitrogens with zero attached hydrogens (tertiary/aromatic N) is 1. The van der Waals surface area contributed by atoms with Crippen molar-refractivity contribution in [1.82, 2.24) is 4.31 Å². The largest absolute Gasteiger partial charge is 0.491 e. The van der Waals surface area contributed by atoms with Gasteiger partial charge in [-0.3, -0.25) is 0 Å². The van der Waals surface area contributed by atoms with Crippen LogP contribution in [-0.2, 0) is 20.5 Å². The minimum Gasteiger partial charge on any atom is -0.491 e. The second-order valence-corrected chi connectivity index (χ2v) is 8.34. The van der Waals surface area contributed by atoms with Gasteiger partial charge in [0.1, 0.15) is 12.4 Å². The van der Waals surface area contributed by atoms with Gasteiger partial charge in [0.25, 0.3) is 0 Å². The molecular weight excluding hydrogens is 350 g/mol. The van der Waals surface area contributed by atoms with E-state index in [1.807, 2.05) is 60.7 Å². The zero-order chi connectivity index (χ0) is 18.2. The Labute approximate surface area is 155 Å². The van der Waals surface area contributed by atoms with Crippen LogP contribution >= 0.6 is 0 Å². The van der Waals surface area contributed by atoms with Crippen LogP contribution in [0.2, 0.25) is 0 Å². The molecule has 2 aromatic rings. The highest BCUT2D eigenvalue weighted by atomic mass is 32.2. The van der Waals surface area contributed by atoms with Crippen molar-refractivity contribution in [2.45, 2.75) is 24.7 Å². The summed E-state index contributed by atoms with van der Waals surface area (Å²) >= 11 is 0. The van der Waals surface area contributed by atoms with E-state index < -0.39 is 10.0 Å². The maximum atomic E-state index is 12.5. The number of rotatable bonds is 8. The molecule has 2 aromatic carbocycles. The minimum atomic E-state index is -3.27. The van der Waals surface area contributed by atoms with Crippen LogP contribution < -0.4 is 4.74 Å². The molecule has 0 N–H and O–H groups in total. The van der Waals surface area contributed by atoms with Crippen molar-refractivity contribution < 1.29 is 17.9 Å². The highest BCUT2D eigenvalue weighted by Crippen LogP contribution is 2.19. The van der Waals surface area contributed by atoms with E-state index in [1.165, 1.54) is 0 Å². The number of hydrogen-bond acceptors (Lipinski definition) is 4. The molecule has 0 unspecified atom stereocenters. The molecule has 3 rings (SSSR count). The molecule has 0 amide bonds. The highest BCUT2D eigenvalue weighted by Gasteiger charge is 2.28. The van der Waals surface area contributed by atoms with Crippen LogP contribution in [0.1, 0.15) is 18.4 Å². The Morgan fingerprint density at radius 3 is 2.15 bits per heavy atom. The lowest BCUT2D eigenvalue weighted by Crippen LogP contribution is -2.41. The maximum Gasteiger partial charge on any atom is 0.218 e.